The Hall–Kier alpha value is -2.76. The van der Waals surface area contributed by atoms with Crippen LogP contribution in [-0.2, 0) is 16.1 Å². The molecule has 2 N–H and O–H groups in total. The first-order chi connectivity index (χ1) is 12.6. The van der Waals surface area contributed by atoms with Crippen molar-refractivity contribution in [2.75, 3.05) is 19.5 Å². The van der Waals surface area contributed by atoms with Gasteiger partial charge >= 0.3 is 5.97 Å². The molecule has 1 aromatic heterocycles. The van der Waals surface area contributed by atoms with Gasteiger partial charge in [-0.25, -0.2) is 4.68 Å². The standard InChI is InChI=1S/C20H23N3O3/c1-3-26-20(24)19-15-8-13(9-16(15)19)17-10-18(21)23(22-17)11-12-4-6-14(25-2)7-5-12/h4-8,10,15-16,19H,3,9,11,21H2,1-2H3/t15-,16+,19+/m1/s1. The Kier molecular flexibility index (Phi) is 4.18. The van der Waals surface area contributed by atoms with Crippen molar-refractivity contribution >= 4 is 17.4 Å². The molecule has 0 bridgehead atoms. The van der Waals surface area contributed by atoms with E-state index in [1.807, 2.05) is 41.9 Å². The Morgan fingerprint density at radius 1 is 1.35 bits per heavy atom. The lowest BCUT2D eigenvalue weighted by molar-refractivity contribution is -0.145. The first kappa shape index (κ1) is 16.7. The highest BCUT2D eigenvalue weighted by molar-refractivity contribution is 5.81. The number of methoxy groups -OCH3 is 1. The molecule has 0 aliphatic heterocycles. The number of rotatable bonds is 6. The number of hydrogen-bond donors (Lipinski definition) is 1. The second-order valence-electron chi connectivity index (χ2n) is 6.88. The van der Waals surface area contributed by atoms with Crippen molar-refractivity contribution in [2.45, 2.75) is 19.9 Å². The van der Waals surface area contributed by atoms with E-state index in [1.165, 1.54) is 5.57 Å². The van der Waals surface area contributed by atoms with Crippen molar-refractivity contribution < 1.29 is 14.3 Å². The number of benzene rings is 1. The summed E-state index contributed by atoms with van der Waals surface area (Å²) in [6.07, 6.45) is 3.04. The summed E-state index contributed by atoms with van der Waals surface area (Å²) in [6.45, 7) is 2.90. The molecule has 1 saturated carbocycles. The topological polar surface area (TPSA) is 79.4 Å². The van der Waals surface area contributed by atoms with E-state index in [-0.39, 0.29) is 11.9 Å². The van der Waals surface area contributed by atoms with E-state index in [0.29, 0.717) is 30.8 Å². The monoisotopic (exact) mass is 353 g/mol. The molecular weight excluding hydrogens is 330 g/mol. The van der Waals surface area contributed by atoms with Gasteiger partial charge in [0.25, 0.3) is 0 Å². The Bertz CT molecular complexity index is 854. The summed E-state index contributed by atoms with van der Waals surface area (Å²) in [5, 5.41) is 4.67. The van der Waals surface area contributed by atoms with E-state index in [1.54, 1.807) is 7.11 Å². The lowest BCUT2D eigenvalue weighted by atomic mass is 10.1. The Labute approximate surface area is 152 Å². The number of aromatic nitrogens is 2. The van der Waals surface area contributed by atoms with Crippen molar-refractivity contribution in [3.8, 4) is 5.75 Å². The number of nitrogens with two attached hydrogens (primary N) is 1. The van der Waals surface area contributed by atoms with Crippen LogP contribution < -0.4 is 10.5 Å². The Morgan fingerprint density at radius 3 is 2.73 bits per heavy atom. The lowest BCUT2D eigenvalue weighted by Gasteiger charge is -2.06. The van der Waals surface area contributed by atoms with Crippen LogP contribution in [0.3, 0.4) is 0 Å². The molecule has 0 spiro atoms. The lowest BCUT2D eigenvalue weighted by Crippen LogP contribution is -2.09. The zero-order chi connectivity index (χ0) is 18.3. The maximum atomic E-state index is 11.9. The summed E-state index contributed by atoms with van der Waals surface area (Å²) >= 11 is 0. The quantitative estimate of drug-likeness (QED) is 0.808. The number of nitrogen functional groups attached to an aromatic ring is 1. The summed E-state index contributed by atoms with van der Waals surface area (Å²) in [7, 11) is 1.65. The van der Waals surface area contributed by atoms with E-state index in [2.05, 4.69) is 11.2 Å². The number of allylic oxidation sites excluding steroid dienone is 2. The number of anilines is 1. The summed E-state index contributed by atoms with van der Waals surface area (Å²) in [5.74, 6) is 2.11. The maximum Gasteiger partial charge on any atom is 0.309 e. The average Bonchev–Trinajstić information content (AvgIpc) is 2.96. The maximum absolute atomic E-state index is 11.9. The zero-order valence-electron chi connectivity index (χ0n) is 15.0. The van der Waals surface area contributed by atoms with Crippen molar-refractivity contribution in [3.63, 3.8) is 0 Å². The highest BCUT2D eigenvalue weighted by Crippen LogP contribution is 2.58. The number of ether oxygens (including phenoxy) is 2. The van der Waals surface area contributed by atoms with Crippen molar-refractivity contribution in [3.05, 3.63) is 47.7 Å². The fourth-order valence-corrected chi connectivity index (χ4v) is 3.82. The smallest absolute Gasteiger partial charge is 0.309 e. The molecular formula is C20H23N3O3. The van der Waals surface area contributed by atoms with Crippen LogP contribution in [0.5, 0.6) is 5.75 Å². The summed E-state index contributed by atoms with van der Waals surface area (Å²) in [4.78, 5) is 11.9. The van der Waals surface area contributed by atoms with Crippen LogP contribution in [0.4, 0.5) is 5.82 Å². The van der Waals surface area contributed by atoms with E-state index >= 15 is 0 Å². The van der Waals surface area contributed by atoms with Gasteiger partial charge in [-0.05, 0) is 48.4 Å². The summed E-state index contributed by atoms with van der Waals surface area (Å²) in [5.41, 5.74) is 9.35. The van der Waals surface area contributed by atoms with Gasteiger partial charge in [-0.2, -0.15) is 5.10 Å². The van der Waals surface area contributed by atoms with Crippen molar-refractivity contribution in [1.82, 2.24) is 9.78 Å². The predicted octanol–water partition coefficient (Wildman–Crippen LogP) is 2.73. The molecule has 3 atom stereocenters. The van der Waals surface area contributed by atoms with Gasteiger partial charge in [0.05, 0.1) is 31.9 Å². The van der Waals surface area contributed by atoms with Crippen LogP contribution in [0, 0.1) is 17.8 Å². The molecule has 26 heavy (non-hydrogen) atoms. The molecule has 0 saturated heterocycles. The second kappa shape index (κ2) is 6.52. The molecule has 6 heteroatoms. The molecule has 2 aliphatic rings. The Balaban J connectivity index is 1.45. The van der Waals surface area contributed by atoms with Crippen LogP contribution in [-0.4, -0.2) is 29.5 Å². The van der Waals surface area contributed by atoms with Crippen LogP contribution in [0.15, 0.2) is 36.4 Å². The number of carbonyl (C=O) groups excluding carboxylic acids is 1. The van der Waals surface area contributed by atoms with Gasteiger partial charge in [0, 0.05) is 6.07 Å². The molecule has 136 valence electrons. The van der Waals surface area contributed by atoms with Gasteiger partial charge in [0.2, 0.25) is 0 Å². The third kappa shape index (κ3) is 2.96. The van der Waals surface area contributed by atoms with E-state index in [4.69, 9.17) is 15.2 Å². The molecule has 2 aromatic rings. The van der Waals surface area contributed by atoms with Gasteiger partial charge in [-0.15, -0.1) is 0 Å². The first-order valence-electron chi connectivity index (χ1n) is 8.94. The van der Waals surface area contributed by atoms with Gasteiger partial charge in [-0.3, -0.25) is 4.79 Å². The number of nitrogens with zero attached hydrogens (tertiary/aromatic N) is 2. The van der Waals surface area contributed by atoms with Crippen molar-refractivity contribution in [1.29, 1.82) is 0 Å². The van der Waals surface area contributed by atoms with Gasteiger partial charge in [-0.1, -0.05) is 18.2 Å². The largest absolute Gasteiger partial charge is 0.497 e. The predicted molar refractivity (Wildman–Crippen MR) is 98.4 cm³/mol. The molecule has 1 fully saturated rings. The van der Waals surface area contributed by atoms with Crippen LogP contribution in [0.1, 0.15) is 24.6 Å². The summed E-state index contributed by atoms with van der Waals surface area (Å²) < 4.78 is 12.1. The number of fused-ring (bicyclic) bond motifs is 1. The summed E-state index contributed by atoms with van der Waals surface area (Å²) in [6, 6.07) is 9.79. The van der Waals surface area contributed by atoms with Gasteiger partial charge < -0.3 is 15.2 Å². The minimum absolute atomic E-state index is 0.0393. The van der Waals surface area contributed by atoms with Gasteiger partial charge in [0.1, 0.15) is 11.6 Å². The highest BCUT2D eigenvalue weighted by Gasteiger charge is 2.57. The Morgan fingerprint density at radius 2 is 2.12 bits per heavy atom. The fraction of sp³-hybridized carbons (Fsp3) is 0.400. The van der Waals surface area contributed by atoms with Crippen LogP contribution in [0.25, 0.3) is 5.57 Å². The molecule has 1 aromatic carbocycles. The first-order valence-corrected chi connectivity index (χ1v) is 8.94. The number of esters is 1. The second-order valence-corrected chi connectivity index (χ2v) is 6.88. The molecule has 6 nitrogen and oxygen atoms in total. The van der Waals surface area contributed by atoms with Crippen LogP contribution >= 0.6 is 0 Å². The number of hydrogen-bond acceptors (Lipinski definition) is 5. The number of carbonyl (C=O) groups is 1. The normalized spacial score (nSPS) is 23.3. The fourth-order valence-electron chi connectivity index (χ4n) is 3.82. The zero-order valence-corrected chi connectivity index (χ0v) is 15.0. The van der Waals surface area contributed by atoms with E-state index < -0.39 is 0 Å². The van der Waals surface area contributed by atoms with E-state index in [0.717, 1.165) is 23.4 Å². The minimum atomic E-state index is -0.0673. The molecule has 4 rings (SSSR count). The van der Waals surface area contributed by atoms with Gasteiger partial charge in [0.15, 0.2) is 0 Å². The highest BCUT2D eigenvalue weighted by atomic mass is 16.5. The van der Waals surface area contributed by atoms with Crippen LogP contribution in [0.2, 0.25) is 0 Å². The molecule has 2 aliphatic carbocycles. The third-order valence-corrected chi connectivity index (χ3v) is 5.27. The molecule has 0 radical (unpaired) electrons. The molecule has 1 heterocycles. The minimum Gasteiger partial charge on any atom is -0.497 e. The van der Waals surface area contributed by atoms with Crippen molar-refractivity contribution in [2.24, 2.45) is 17.8 Å². The molecule has 0 unspecified atom stereocenters. The third-order valence-electron chi connectivity index (χ3n) is 5.27. The van der Waals surface area contributed by atoms with E-state index in [9.17, 15) is 4.79 Å². The SMILES string of the molecule is CCOC(=O)[C@H]1[C@@H]2C=C(c3cc(N)n(Cc4ccc(OC)cc4)n3)C[C@@H]21. The molecule has 0 amide bonds. The average molecular weight is 353 g/mol.